The van der Waals surface area contributed by atoms with Gasteiger partial charge in [-0.15, -0.1) is 0 Å². The lowest BCUT2D eigenvalue weighted by Crippen LogP contribution is -1.87. The molecule has 1 aliphatic rings. The third-order valence-corrected chi connectivity index (χ3v) is 3.76. The monoisotopic (exact) mass is 236 g/mol. The van der Waals surface area contributed by atoms with Gasteiger partial charge < -0.3 is 4.42 Å². The van der Waals surface area contributed by atoms with Crippen molar-refractivity contribution in [2.75, 3.05) is 0 Å². The van der Waals surface area contributed by atoms with Crippen LogP contribution in [0.4, 0.5) is 0 Å². The van der Waals surface area contributed by atoms with E-state index in [1.807, 2.05) is 18.5 Å². The maximum absolute atomic E-state index is 5.97. The molecular weight excluding hydrogens is 224 g/mol. The van der Waals surface area contributed by atoms with Crippen molar-refractivity contribution in [2.24, 2.45) is 4.99 Å². The van der Waals surface area contributed by atoms with E-state index >= 15 is 0 Å². The van der Waals surface area contributed by atoms with Gasteiger partial charge in [0.05, 0.1) is 11.9 Å². The molecule has 1 aliphatic heterocycles. The van der Waals surface area contributed by atoms with E-state index in [0.717, 1.165) is 34.2 Å². The molecule has 2 aromatic heterocycles. The fourth-order valence-corrected chi connectivity index (χ4v) is 2.58. The molecule has 0 N–H and O–H groups in total. The van der Waals surface area contributed by atoms with E-state index in [-0.39, 0.29) is 0 Å². The van der Waals surface area contributed by atoms with E-state index in [2.05, 4.69) is 29.9 Å². The van der Waals surface area contributed by atoms with Crippen molar-refractivity contribution in [2.45, 2.75) is 20.4 Å². The van der Waals surface area contributed by atoms with E-state index in [1.165, 1.54) is 16.7 Å². The van der Waals surface area contributed by atoms with Crippen LogP contribution in [0.3, 0.4) is 0 Å². The molecule has 0 unspecified atom stereocenters. The van der Waals surface area contributed by atoms with Gasteiger partial charge >= 0.3 is 0 Å². The first-order valence-corrected chi connectivity index (χ1v) is 6.06. The Morgan fingerprint density at radius 2 is 2.11 bits per heavy atom. The van der Waals surface area contributed by atoms with Crippen LogP contribution in [0.1, 0.15) is 22.3 Å². The summed E-state index contributed by atoms with van der Waals surface area (Å²) in [5.74, 6) is 0. The lowest BCUT2D eigenvalue weighted by atomic mass is 10.0. The lowest BCUT2D eigenvalue weighted by molar-refractivity contribution is 0.664. The molecule has 0 saturated carbocycles. The van der Waals surface area contributed by atoms with Gasteiger partial charge in [-0.05, 0) is 36.6 Å². The highest BCUT2D eigenvalue weighted by Gasteiger charge is 2.18. The second-order valence-electron chi connectivity index (χ2n) is 4.83. The highest BCUT2D eigenvalue weighted by molar-refractivity contribution is 6.13. The van der Waals surface area contributed by atoms with Crippen LogP contribution in [0.2, 0.25) is 0 Å². The molecule has 0 amide bonds. The highest BCUT2D eigenvalue weighted by atomic mass is 16.3. The third kappa shape index (κ3) is 1.09. The molecule has 0 bridgehead atoms. The van der Waals surface area contributed by atoms with Crippen LogP contribution >= 0.6 is 0 Å². The number of benzene rings is 1. The summed E-state index contributed by atoms with van der Waals surface area (Å²) in [6, 6.07) is 4.12. The number of nitrogens with zero attached hydrogens (tertiary/aromatic N) is 2. The minimum Gasteiger partial charge on any atom is -0.454 e. The predicted molar refractivity (Wildman–Crippen MR) is 72.3 cm³/mol. The van der Waals surface area contributed by atoms with Crippen LogP contribution in [-0.2, 0) is 6.54 Å². The van der Waals surface area contributed by atoms with Gasteiger partial charge in [-0.3, -0.25) is 9.98 Å². The number of rotatable bonds is 0. The largest absolute Gasteiger partial charge is 0.454 e. The number of furan rings is 1. The van der Waals surface area contributed by atoms with Gasteiger partial charge in [0.1, 0.15) is 11.1 Å². The standard InChI is InChI=1S/C15H12N2O/c1-8-5-17-14-13-11-7-16-6-10(11)3-4-12(13)18-15(14)9(8)2/h3-5,7H,6H2,1-2H3. The molecular formula is C15H12N2O. The molecule has 0 radical (unpaired) electrons. The van der Waals surface area contributed by atoms with Crippen LogP contribution in [-0.4, -0.2) is 11.2 Å². The molecule has 0 atom stereocenters. The van der Waals surface area contributed by atoms with E-state index < -0.39 is 0 Å². The van der Waals surface area contributed by atoms with Crippen LogP contribution in [0.15, 0.2) is 27.7 Å². The number of pyridine rings is 1. The summed E-state index contributed by atoms with van der Waals surface area (Å²) in [4.78, 5) is 8.89. The molecule has 1 aromatic carbocycles. The Bertz CT molecular complexity index is 827. The molecule has 3 heteroatoms. The molecule has 3 nitrogen and oxygen atoms in total. The van der Waals surface area contributed by atoms with Crippen molar-refractivity contribution in [3.8, 4) is 0 Å². The molecule has 18 heavy (non-hydrogen) atoms. The summed E-state index contributed by atoms with van der Waals surface area (Å²) in [5, 5.41) is 1.10. The number of aromatic nitrogens is 1. The Morgan fingerprint density at radius 3 is 3.00 bits per heavy atom. The molecule has 0 saturated heterocycles. The van der Waals surface area contributed by atoms with Crippen LogP contribution < -0.4 is 0 Å². The molecule has 3 aromatic rings. The van der Waals surface area contributed by atoms with E-state index in [9.17, 15) is 0 Å². The van der Waals surface area contributed by atoms with Crippen molar-refractivity contribution >= 4 is 28.3 Å². The van der Waals surface area contributed by atoms with Crippen LogP contribution in [0, 0.1) is 13.8 Å². The van der Waals surface area contributed by atoms with Gasteiger partial charge in [0, 0.05) is 18.0 Å². The summed E-state index contributed by atoms with van der Waals surface area (Å²) in [6.45, 7) is 4.90. The third-order valence-electron chi connectivity index (χ3n) is 3.76. The maximum atomic E-state index is 5.97. The minimum absolute atomic E-state index is 0.767. The van der Waals surface area contributed by atoms with Crippen molar-refractivity contribution < 1.29 is 4.42 Å². The van der Waals surface area contributed by atoms with Gasteiger partial charge in [-0.2, -0.15) is 0 Å². The number of fused-ring (bicyclic) bond motifs is 5. The Kier molecular flexibility index (Phi) is 1.74. The number of aliphatic imine (C=N–C) groups is 1. The van der Waals surface area contributed by atoms with E-state index in [4.69, 9.17) is 4.42 Å². The second-order valence-corrected chi connectivity index (χ2v) is 4.83. The minimum atomic E-state index is 0.767. The second kappa shape index (κ2) is 3.19. The summed E-state index contributed by atoms with van der Waals surface area (Å²) >= 11 is 0. The highest BCUT2D eigenvalue weighted by Crippen LogP contribution is 2.34. The Balaban J connectivity index is 2.28. The fourth-order valence-electron chi connectivity index (χ4n) is 2.58. The average molecular weight is 236 g/mol. The number of hydrogen-bond acceptors (Lipinski definition) is 3. The fraction of sp³-hybridized carbons (Fsp3) is 0.200. The van der Waals surface area contributed by atoms with Gasteiger partial charge in [0.25, 0.3) is 0 Å². The maximum Gasteiger partial charge on any atom is 0.157 e. The van der Waals surface area contributed by atoms with E-state index in [0.29, 0.717) is 0 Å². The SMILES string of the molecule is Cc1cnc2c(oc3ccc4c(c32)C=NC4)c1C. The molecule has 0 fully saturated rings. The molecule has 0 spiro atoms. The van der Waals surface area contributed by atoms with Crippen molar-refractivity contribution in [1.29, 1.82) is 0 Å². The normalized spacial score (nSPS) is 13.7. The summed E-state index contributed by atoms with van der Waals surface area (Å²) in [5.41, 5.74) is 7.51. The quantitative estimate of drug-likeness (QED) is 0.599. The zero-order valence-electron chi connectivity index (χ0n) is 10.3. The first-order chi connectivity index (χ1) is 8.75. The van der Waals surface area contributed by atoms with Crippen LogP contribution in [0.5, 0.6) is 0 Å². The molecule has 88 valence electrons. The summed E-state index contributed by atoms with van der Waals surface area (Å²) < 4.78 is 5.97. The van der Waals surface area contributed by atoms with Crippen molar-refractivity contribution in [3.05, 3.63) is 40.6 Å². The zero-order chi connectivity index (χ0) is 12.3. The Labute approximate surface area is 104 Å². The van der Waals surface area contributed by atoms with Gasteiger partial charge in [0.2, 0.25) is 0 Å². The first kappa shape index (κ1) is 9.83. The predicted octanol–water partition coefficient (Wildman–Crippen LogP) is 3.53. The zero-order valence-corrected chi connectivity index (χ0v) is 10.3. The molecule has 3 heterocycles. The Morgan fingerprint density at radius 1 is 1.22 bits per heavy atom. The van der Waals surface area contributed by atoms with Crippen molar-refractivity contribution in [1.82, 2.24) is 4.98 Å². The first-order valence-electron chi connectivity index (χ1n) is 6.06. The Hall–Kier alpha value is -2.16. The van der Waals surface area contributed by atoms with Crippen molar-refractivity contribution in [3.63, 3.8) is 0 Å². The van der Waals surface area contributed by atoms with Crippen LogP contribution in [0.25, 0.3) is 22.1 Å². The number of aryl methyl sites for hydroxylation is 2. The topological polar surface area (TPSA) is 38.4 Å². The molecule has 4 rings (SSSR count). The van der Waals surface area contributed by atoms with Gasteiger partial charge in [0.15, 0.2) is 5.58 Å². The summed E-state index contributed by atoms with van der Waals surface area (Å²) in [6.07, 6.45) is 3.85. The van der Waals surface area contributed by atoms with E-state index in [1.54, 1.807) is 0 Å². The molecule has 0 aliphatic carbocycles. The average Bonchev–Trinajstić information content (AvgIpc) is 2.96. The lowest BCUT2D eigenvalue weighted by Gasteiger charge is -1.99. The van der Waals surface area contributed by atoms with Gasteiger partial charge in [-0.1, -0.05) is 6.07 Å². The number of hydrogen-bond donors (Lipinski definition) is 0. The summed E-state index contributed by atoms with van der Waals surface area (Å²) in [7, 11) is 0. The smallest absolute Gasteiger partial charge is 0.157 e. The van der Waals surface area contributed by atoms with Gasteiger partial charge in [-0.25, -0.2) is 0 Å².